The number of aryl methyl sites for hydroxylation is 1. The van der Waals surface area contributed by atoms with Gasteiger partial charge < -0.3 is 11.1 Å². The summed E-state index contributed by atoms with van der Waals surface area (Å²) in [6.07, 6.45) is 7.22. The lowest BCUT2D eigenvalue weighted by Crippen LogP contribution is -2.29. The number of amides is 1. The molecule has 1 fully saturated rings. The zero-order chi connectivity index (χ0) is 12.8. The van der Waals surface area contributed by atoms with Gasteiger partial charge in [-0.25, -0.2) is 4.68 Å². The van der Waals surface area contributed by atoms with Gasteiger partial charge in [-0.1, -0.05) is 5.21 Å². The largest absolute Gasteiger partial charge is 0.354 e. The van der Waals surface area contributed by atoms with Crippen molar-refractivity contribution < 1.29 is 4.79 Å². The smallest absolute Gasteiger partial charge is 0.241 e. The predicted octanol–water partition coefficient (Wildman–Crippen LogP) is 0.0857. The Balaban J connectivity index is 1.69. The van der Waals surface area contributed by atoms with E-state index in [2.05, 4.69) is 15.6 Å². The van der Waals surface area contributed by atoms with Crippen molar-refractivity contribution >= 4 is 5.91 Å². The molecule has 100 valence electrons. The van der Waals surface area contributed by atoms with Gasteiger partial charge in [0.25, 0.3) is 0 Å². The Morgan fingerprint density at radius 2 is 2.33 bits per heavy atom. The molecule has 1 aliphatic rings. The third kappa shape index (κ3) is 4.44. The molecule has 1 heterocycles. The summed E-state index contributed by atoms with van der Waals surface area (Å²) in [5.41, 5.74) is 6.36. The van der Waals surface area contributed by atoms with E-state index in [0.717, 1.165) is 31.5 Å². The highest BCUT2D eigenvalue weighted by Gasteiger charge is 2.21. The first-order chi connectivity index (χ1) is 8.78. The summed E-state index contributed by atoms with van der Waals surface area (Å²) in [5.74, 6) is 0.719. The molecule has 0 spiro atoms. The normalized spacial score (nSPS) is 14.7. The first-order valence-corrected chi connectivity index (χ1v) is 6.63. The zero-order valence-corrected chi connectivity index (χ0v) is 10.6. The van der Waals surface area contributed by atoms with E-state index in [1.54, 1.807) is 4.68 Å². The van der Waals surface area contributed by atoms with Crippen LogP contribution in [0.25, 0.3) is 0 Å². The Morgan fingerprint density at radius 1 is 1.50 bits per heavy atom. The van der Waals surface area contributed by atoms with E-state index in [-0.39, 0.29) is 12.5 Å². The Kier molecular flexibility index (Phi) is 4.69. The first kappa shape index (κ1) is 13.0. The highest BCUT2D eigenvalue weighted by molar-refractivity contribution is 5.75. The number of carbonyl (C=O) groups excluding carboxylic acids is 1. The van der Waals surface area contributed by atoms with Gasteiger partial charge in [0.05, 0.1) is 5.69 Å². The van der Waals surface area contributed by atoms with Gasteiger partial charge in [-0.15, -0.1) is 5.10 Å². The quantitative estimate of drug-likeness (QED) is 0.641. The molecule has 1 aromatic heterocycles. The van der Waals surface area contributed by atoms with Crippen molar-refractivity contribution in [2.45, 2.75) is 38.6 Å². The molecule has 0 aromatic carbocycles. The highest BCUT2D eigenvalue weighted by Crippen LogP contribution is 2.27. The van der Waals surface area contributed by atoms with Crippen LogP contribution in [0, 0.1) is 5.92 Å². The molecule has 18 heavy (non-hydrogen) atoms. The summed E-state index contributed by atoms with van der Waals surface area (Å²) in [6, 6.07) is 0. The molecule has 0 aliphatic heterocycles. The molecule has 0 unspecified atom stereocenters. The minimum Gasteiger partial charge on any atom is -0.354 e. The van der Waals surface area contributed by atoms with Gasteiger partial charge in [0, 0.05) is 12.7 Å². The van der Waals surface area contributed by atoms with Crippen molar-refractivity contribution in [3.8, 4) is 0 Å². The van der Waals surface area contributed by atoms with Gasteiger partial charge in [0.2, 0.25) is 5.91 Å². The summed E-state index contributed by atoms with van der Waals surface area (Å²) < 4.78 is 1.60. The third-order valence-electron chi connectivity index (χ3n) is 3.06. The van der Waals surface area contributed by atoms with Crippen molar-refractivity contribution in [1.82, 2.24) is 20.3 Å². The zero-order valence-electron chi connectivity index (χ0n) is 10.6. The molecule has 0 bridgehead atoms. The second-order valence-corrected chi connectivity index (χ2v) is 4.90. The summed E-state index contributed by atoms with van der Waals surface area (Å²) >= 11 is 0. The van der Waals surface area contributed by atoms with E-state index in [4.69, 9.17) is 5.73 Å². The van der Waals surface area contributed by atoms with Crippen LogP contribution in [-0.2, 0) is 17.8 Å². The van der Waals surface area contributed by atoms with E-state index in [1.807, 2.05) is 6.20 Å². The number of hydrogen-bond acceptors (Lipinski definition) is 4. The third-order valence-corrected chi connectivity index (χ3v) is 3.06. The molecular formula is C12H21N5O. The first-order valence-electron chi connectivity index (χ1n) is 6.63. The predicted molar refractivity (Wildman–Crippen MR) is 67.7 cm³/mol. The summed E-state index contributed by atoms with van der Waals surface area (Å²) in [4.78, 5) is 11.6. The van der Waals surface area contributed by atoms with Crippen LogP contribution >= 0.6 is 0 Å². The second kappa shape index (κ2) is 6.49. The standard InChI is InChI=1S/C12H21N5O/c13-6-2-1-3-11-8-17(16-15-11)9-12(18)14-7-10-4-5-10/h8,10H,1-7,9,13H2,(H,14,18). The topological polar surface area (TPSA) is 85.8 Å². The van der Waals surface area contributed by atoms with Crippen LogP contribution in [0.2, 0.25) is 0 Å². The van der Waals surface area contributed by atoms with E-state index in [0.29, 0.717) is 12.5 Å². The minimum atomic E-state index is 0.0142. The van der Waals surface area contributed by atoms with Crippen LogP contribution in [0.1, 0.15) is 31.4 Å². The molecule has 3 N–H and O–H groups in total. The lowest BCUT2D eigenvalue weighted by molar-refractivity contribution is -0.121. The number of rotatable bonds is 8. The van der Waals surface area contributed by atoms with Crippen LogP contribution in [0.3, 0.4) is 0 Å². The van der Waals surface area contributed by atoms with Gasteiger partial charge in [0.1, 0.15) is 6.54 Å². The average Bonchev–Trinajstić information content (AvgIpc) is 3.09. The Hall–Kier alpha value is -1.43. The van der Waals surface area contributed by atoms with E-state index in [1.165, 1.54) is 12.8 Å². The van der Waals surface area contributed by atoms with Crippen LogP contribution < -0.4 is 11.1 Å². The van der Waals surface area contributed by atoms with Crippen molar-refractivity contribution in [1.29, 1.82) is 0 Å². The molecule has 1 aromatic rings. The van der Waals surface area contributed by atoms with Crippen molar-refractivity contribution in [2.24, 2.45) is 11.7 Å². The lowest BCUT2D eigenvalue weighted by atomic mass is 10.2. The Labute approximate surface area is 107 Å². The molecule has 1 aliphatic carbocycles. The number of nitrogens with two attached hydrogens (primary N) is 1. The number of aromatic nitrogens is 3. The number of hydrogen-bond donors (Lipinski definition) is 2. The van der Waals surface area contributed by atoms with Crippen LogP contribution in [0.4, 0.5) is 0 Å². The molecule has 2 rings (SSSR count). The Morgan fingerprint density at radius 3 is 3.06 bits per heavy atom. The van der Waals surface area contributed by atoms with Crippen molar-refractivity contribution in [3.63, 3.8) is 0 Å². The van der Waals surface area contributed by atoms with E-state index in [9.17, 15) is 4.79 Å². The SMILES string of the molecule is NCCCCc1cn(CC(=O)NCC2CC2)nn1. The number of nitrogens with one attached hydrogen (secondary N) is 1. The summed E-state index contributed by atoms with van der Waals surface area (Å²) in [5, 5.41) is 10.9. The van der Waals surface area contributed by atoms with Gasteiger partial charge in [-0.05, 0) is 44.6 Å². The fraction of sp³-hybridized carbons (Fsp3) is 0.750. The van der Waals surface area contributed by atoms with Crippen LogP contribution in [0.5, 0.6) is 0 Å². The second-order valence-electron chi connectivity index (χ2n) is 4.90. The minimum absolute atomic E-state index is 0.0142. The van der Waals surface area contributed by atoms with Gasteiger partial charge >= 0.3 is 0 Å². The maximum atomic E-state index is 11.6. The molecule has 1 saturated carbocycles. The summed E-state index contributed by atoms with van der Waals surface area (Å²) in [7, 11) is 0. The van der Waals surface area contributed by atoms with Crippen molar-refractivity contribution in [3.05, 3.63) is 11.9 Å². The number of carbonyl (C=O) groups is 1. The van der Waals surface area contributed by atoms with E-state index >= 15 is 0 Å². The molecule has 0 atom stereocenters. The average molecular weight is 251 g/mol. The Bertz CT molecular complexity index is 386. The maximum Gasteiger partial charge on any atom is 0.241 e. The molecule has 1 amide bonds. The van der Waals surface area contributed by atoms with Crippen LogP contribution in [-0.4, -0.2) is 34.0 Å². The highest BCUT2D eigenvalue weighted by atomic mass is 16.2. The van der Waals surface area contributed by atoms with Crippen molar-refractivity contribution in [2.75, 3.05) is 13.1 Å². The molecule has 6 nitrogen and oxygen atoms in total. The fourth-order valence-corrected chi connectivity index (χ4v) is 1.76. The monoisotopic (exact) mass is 251 g/mol. The maximum absolute atomic E-state index is 11.6. The fourth-order valence-electron chi connectivity index (χ4n) is 1.76. The van der Waals surface area contributed by atoms with Crippen LogP contribution in [0.15, 0.2) is 6.20 Å². The summed E-state index contributed by atoms with van der Waals surface area (Å²) in [6.45, 7) is 1.77. The molecule has 6 heteroatoms. The molecule has 0 radical (unpaired) electrons. The van der Waals surface area contributed by atoms with E-state index < -0.39 is 0 Å². The van der Waals surface area contributed by atoms with Gasteiger partial charge in [-0.3, -0.25) is 4.79 Å². The molecular weight excluding hydrogens is 230 g/mol. The number of nitrogens with zero attached hydrogens (tertiary/aromatic N) is 3. The molecule has 0 saturated heterocycles. The lowest BCUT2D eigenvalue weighted by Gasteiger charge is -2.02. The van der Waals surface area contributed by atoms with Gasteiger partial charge in [-0.2, -0.15) is 0 Å². The number of unbranched alkanes of at least 4 members (excludes halogenated alkanes) is 1. The van der Waals surface area contributed by atoms with Gasteiger partial charge in [0.15, 0.2) is 0 Å².